The average molecular weight is 277 g/mol. The van der Waals surface area contributed by atoms with Crippen molar-refractivity contribution < 1.29 is 9.84 Å². The Morgan fingerprint density at radius 1 is 1.70 bits per heavy atom. The van der Waals surface area contributed by atoms with Gasteiger partial charge in [0.1, 0.15) is 11.1 Å². The summed E-state index contributed by atoms with van der Waals surface area (Å²) in [4.78, 5) is 25.1. The maximum absolute atomic E-state index is 11.9. The lowest BCUT2D eigenvalue weighted by atomic mass is 9.92. The summed E-state index contributed by atoms with van der Waals surface area (Å²) in [5.74, 6) is 2.27. The summed E-state index contributed by atoms with van der Waals surface area (Å²) in [5.41, 5.74) is 3.07. The predicted octanol–water partition coefficient (Wildman–Crippen LogP) is -1.46. The van der Waals surface area contributed by atoms with Gasteiger partial charge in [-0.05, 0) is 13.3 Å². The number of hydrogen-bond acceptors (Lipinski definition) is 5. The largest absolute Gasteiger partial charge is 0.390 e. The highest BCUT2D eigenvalue weighted by Gasteiger charge is 2.75. The molecule has 5 atom stereocenters. The van der Waals surface area contributed by atoms with Crippen LogP contribution in [0.5, 0.6) is 0 Å². The van der Waals surface area contributed by atoms with E-state index in [0.717, 1.165) is 4.57 Å². The van der Waals surface area contributed by atoms with Crippen LogP contribution in [-0.4, -0.2) is 31.9 Å². The molecular formula is C13H15N3O4. The summed E-state index contributed by atoms with van der Waals surface area (Å²) < 4.78 is 6.99. The Morgan fingerprint density at radius 3 is 2.95 bits per heavy atom. The molecule has 7 nitrogen and oxygen atoms in total. The number of aromatic amines is 1. The minimum absolute atomic E-state index is 0.219. The van der Waals surface area contributed by atoms with Crippen LogP contribution in [0, 0.1) is 18.3 Å². The molecule has 3 unspecified atom stereocenters. The predicted molar refractivity (Wildman–Crippen MR) is 69.7 cm³/mol. The fraction of sp³-hybridized carbons (Fsp3) is 0.538. The van der Waals surface area contributed by atoms with Crippen LogP contribution in [0.1, 0.15) is 19.6 Å². The Morgan fingerprint density at radius 2 is 2.40 bits per heavy atom. The highest BCUT2D eigenvalue weighted by atomic mass is 16.6. The summed E-state index contributed by atoms with van der Waals surface area (Å²) in [6.07, 6.45) is 5.73. The van der Waals surface area contributed by atoms with Crippen LogP contribution in [0.3, 0.4) is 0 Å². The summed E-state index contributed by atoms with van der Waals surface area (Å²) >= 11 is 0. The summed E-state index contributed by atoms with van der Waals surface area (Å²) in [6, 6.07) is 1.20. The molecule has 0 bridgehead atoms. The summed E-state index contributed by atoms with van der Waals surface area (Å²) in [7, 11) is 0. The molecule has 0 spiro atoms. The van der Waals surface area contributed by atoms with E-state index in [1.165, 1.54) is 12.3 Å². The molecule has 4 N–H and O–H groups in total. The van der Waals surface area contributed by atoms with Crippen LogP contribution in [0.2, 0.25) is 0 Å². The SMILES string of the molecule is C#CC1(N)C2CC2([C@H](C)O)O[C@H]1n1ccc(=O)[nH]c1=O. The monoisotopic (exact) mass is 277 g/mol. The van der Waals surface area contributed by atoms with Gasteiger partial charge in [-0.3, -0.25) is 14.3 Å². The molecule has 1 saturated carbocycles. The van der Waals surface area contributed by atoms with Crippen molar-refractivity contribution in [3.05, 3.63) is 33.1 Å². The number of aliphatic hydroxyl groups is 1. The van der Waals surface area contributed by atoms with Crippen molar-refractivity contribution in [2.75, 3.05) is 0 Å². The molecule has 20 heavy (non-hydrogen) atoms. The van der Waals surface area contributed by atoms with E-state index in [4.69, 9.17) is 16.9 Å². The Hall–Kier alpha value is -1.88. The van der Waals surface area contributed by atoms with Crippen molar-refractivity contribution in [3.8, 4) is 12.3 Å². The number of H-pyrrole nitrogens is 1. The van der Waals surface area contributed by atoms with Gasteiger partial charge in [-0.1, -0.05) is 5.92 Å². The van der Waals surface area contributed by atoms with Gasteiger partial charge in [0.2, 0.25) is 0 Å². The lowest BCUT2D eigenvalue weighted by molar-refractivity contribution is -0.0990. The van der Waals surface area contributed by atoms with Crippen LogP contribution >= 0.6 is 0 Å². The van der Waals surface area contributed by atoms with Gasteiger partial charge in [0.15, 0.2) is 6.23 Å². The number of nitrogens with zero attached hydrogens (tertiary/aromatic N) is 1. The van der Waals surface area contributed by atoms with E-state index in [2.05, 4.69) is 10.9 Å². The number of ether oxygens (including phenoxy) is 1. The topological polar surface area (TPSA) is 110 Å². The first-order valence-corrected chi connectivity index (χ1v) is 6.29. The number of hydrogen-bond donors (Lipinski definition) is 3. The second kappa shape index (κ2) is 3.82. The molecule has 0 radical (unpaired) electrons. The van der Waals surface area contributed by atoms with Gasteiger partial charge < -0.3 is 15.6 Å². The number of aromatic nitrogens is 2. The van der Waals surface area contributed by atoms with Crippen molar-refractivity contribution >= 4 is 0 Å². The fourth-order valence-electron chi connectivity index (χ4n) is 3.07. The number of nitrogens with two attached hydrogens (primary N) is 1. The molecule has 2 aliphatic rings. The van der Waals surface area contributed by atoms with Crippen LogP contribution in [0.4, 0.5) is 0 Å². The van der Waals surface area contributed by atoms with Crippen LogP contribution in [0.15, 0.2) is 21.9 Å². The van der Waals surface area contributed by atoms with E-state index in [-0.39, 0.29) is 5.92 Å². The lowest BCUT2D eigenvalue weighted by Crippen LogP contribution is -2.50. The highest BCUT2D eigenvalue weighted by Crippen LogP contribution is 2.64. The zero-order chi connectivity index (χ0) is 14.7. The van der Waals surface area contributed by atoms with Gasteiger partial charge in [-0.2, -0.15) is 0 Å². The van der Waals surface area contributed by atoms with Crippen LogP contribution in [0.25, 0.3) is 0 Å². The number of rotatable bonds is 2. The van der Waals surface area contributed by atoms with Crippen molar-refractivity contribution in [3.63, 3.8) is 0 Å². The zero-order valence-electron chi connectivity index (χ0n) is 10.9. The van der Waals surface area contributed by atoms with Crippen molar-refractivity contribution in [2.24, 2.45) is 11.7 Å². The standard InChI is InChI=1S/C13H15N3O4/c1-3-12(14)8-6-13(8,7(2)17)20-10(12)16-5-4-9(18)15-11(16)19/h1,4-5,7-8,10,17H,6,14H2,2H3,(H,15,18,19)/t7-,8?,10+,12?,13?/m0/s1. The third-order valence-electron chi connectivity index (χ3n) is 4.33. The van der Waals surface area contributed by atoms with E-state index < -0.39 is 34.7 Å². The van der Waals surface area contributed by atoms with Gasteiger partial charge in [0, 0.05) is 18.2 Å². The lowest BCUT2D eigenvalue weighted by Gasteiger charge is -2.29. The van der Waals surface area contributed by atoms with Gasteiger partial charge >= 0.3 is 5.69 Å². The first-order valence-electron chi connectivity index (χ1n) is 6.29. The van der Waals surface area contributed by atoms with Gasteiger partial charge in [-0.25, -0.2) is 4.79 Å². The second-order valence-corrected chi connectivity index (χ2v) is 5.45. The molecule has 1 aliphatic heterocycles. The Balaban J connectivity index is 2.09. The zero-order valence-corrected chi connectivity index (χ0v) is 10.9. The molecule has 1 aliphatic carbocycles. The molecular weight excluding hydrogens is 262 g/mol. The van der Waals surface area contributed by atoms with E-state index in [0.29, 0.717) is 6.42 Å². The van der Waals surface area contributed by atoms with Crippen molar-refractivity contribution in [2.45, 2.75) is 36.8 Å². The molecule has 3 rings (SSSR count). The molecule has 1 aromatic rings. The second-order valence-electron chi connectivity index (χ2n) is 5.45. The Labute approximate surface area is 114 Å². The molecule has 2 heterocycles. The third kappa shape index (κ3) is 1.47. The highest BCUT2D eigenvalue weighted by molar-refractivity contribution is 5.33. The number of terminal acetylenes is 1. The molecule has 2 fully saturated rings. The molecule has 0 aromatic carbocycles. The van der Waals surface area contributed by atoms with Gasteiger partial charge in [-0.15, -0.1) is 6.42 Å². The first kappa shape index (κ1) is 13.1. The molecule has 1 saturated heterocycles. The van der Waals surface area contributed by atoms with Crippen molar-refractivity contribution in [1.29, 1.82) is 0 Å². The summed E-state index contributed by atoms with van der Waals surface area (Å²) in [5, 5.41) is 9.86. The van der Waals surface area contributed by atoms with E-state index in [1.807, 2.05) is 0 Å². The molecule has 7 heteroatoms. The maximum Gasteiger partial charge on any atom is 0.330 e. The fourth-order valence-corrected chi connectivity index (χ4v) is 3.07. The molecule has 0 amide bonds. The van der Waals surface area contributed by atoms with E-state index in [1.54, 1.807) is 6.92 Å². The van der Waals surface area contributed by atoms with Gasteiger partial charge in [0.05, 0.1) is 6.10 Å². The maximum atomic E-state index is 11.9. The average Bonchev–Trinajstić information content (AvgIpc) is 3.07. The van der Waals surface area contributed by atoms with Crippen LogP contribution in [-0.2, 0) is 4.74 Å². The van der Waals surface area contributed by atoms with E-state index in [9.17, 15) is 14.7 Å². The van der Waals surface area contributed by atoms with Crippen molar-refractivity contribution in [1.82, 2.24) is 9.55 Å². The Bertz CT molecular complexity index is 715. The molecule has 106 valence electrons. The summed E-state index contributed by atoms with van der Waals surface area (Å²) in [6.45, 7) is 1.61. The van der Waals surface area contributed by atoms with Gasteiger partial charge in [0.25, 0.3) is 5.56 Å². The minimum Gasteiger partial charge on any atom is -0.390 e. The minimum atomic E-state index is -1.20. The quantitative estimate of drug-likeness (QED) is 0.572. The smallest absolute Gasteiger partial charge is 0.330 e. The first-order chi connectivity index (χ1) is 9.35. The third-order valence-corrected chi connectivity index (χ3v) is 4.33. The number of fused-ring (bicyclic) bond motifs is 1. The van der Waals surface area contributed by atoms with Crippen LogP contribution < -0.4 is 17.0 Å². The Kier molecular flexibility index (Phi) is 2.51. The number of aliphatic hydroxyl groups excluding tert-OH is 1. The molecule has 1 aromatic heterocycles. The number of nitrogens with one attached hydrogen (secondary N) is 1. The normalized spacial score (nSPS) is 39.9. The van der Waals surface area contributed by atoms with E-state index >= 15 is 0 Å².